The maximum Gasteiger partial charge on any atom is 0.290 e. The second kappa shape index (κ2) is 6.26. The second-order valence-corrected chi connectivity index (χ2v) is 5.01. The quantitative estimate of drug-likeness (QED) is 0.934. The first kappa shape index (κ1) is 14.1. The largest absolute Gasteiger partial charge is 0.483 e. The smallest absolute Gasteiger partial charge is 0.290 e. The van der Waals surface area contributed by atoms with Crippen molar-refractivity contribution in [1.82, 2.24) is 0 Å². The Kier molecular flexibility index (Phi) is 4.01. The Bertz CT molecular complexity index is 749. The van der Waals surface area contributed by atoms with Crippen LogP contribution < -0.4 is 5.32 Å². The third-order valence-corrected chi connectivity index (χ3v) is 3.25. The molecule has 4 heteroatoms. The molecule has 1 aliphatic rings. The second-order valence-electron chi connectivity index (χ2n) is 5.01. The summed E-state index contributed by atoms with van der Waals surface area (Å²) >= 11 is 0. The molecule has 2 aromatic rings. The van der Waals surface area contributed by atoms with E-state index in [-0.39, 0.29) is 11.7 Å². The van der Waals surface area contributed by atoms with Crippen LogP contribution in [0, 0.1) is 0 Å². The van der Waals surface area contributed by atoms with Gasteiger partial charge in [-0.3, -0.25) is 9.79 Å². The van der Waals surface area contributed by atoms with E-state index in [4.69, 9.17) is 4.74 Å². The lowest BCUT2D eigenvalue weighted by Crippen LogP contribution is -2.18. The number of carbonyl (C=O) groups is 1. The van der Waals surface area contributed by atoms with Crippen molar-refractivity contribution in [3.8, 4) is 0 Å². The molecule has 0 unspecified atom stereocenters. The van der Waals surface area contributed by atoms with Gasteiger partial charge in [0.2, 0.25) is 0 Å². The number of para-hydroxylation sites is 2. The maximum atomic E-state index is 12.3. The zero-order valence-corrected chi connectivity index (χ0v) is 12.2. The molecule has 4 nitrogen and oxygen atoms in total. The number of fused-ring (bicyclic) bond motifs is 1. The number of nitrogens with zero attached hydrogens (tertiary/aromatic N) is 1. The minimum Gasteiger partial charge on any atom is -0.483 e. The Labute approximate surface area is 129 Å². The van der Waals surface area contributed by atoms with Crippen molar-refractivity contribution in [3.05, 3.63) is 72.0 Å². The molecule has 0 saturated heterocycles. The molecule has 1 aliphatic heterocycles. The standard InChI is InChI=1S/C18H16N2O2/c1-13-11-17(22-12-14-7-3-2-4-8-14)18(21)20-16-10-6-5-9-15(16)19-13/h2-11H,12H2,1H3,(H,20,21). The Morgan fingerprint density at radius 3 is 2.59 bits per heavy atom. The van der Waals surface area contributed by atoms with E-state index < -0.39 is 0 Å². The number of anilines is 1. The highest BCUT2D eigenvalue weighted by Gasteiger charge is 2.16. The predicted octanol–water partition coefficient (Wildman–Crippen LogP) is 3.83. The Morgan fingerprint density at radius 1 is 1.05 bits per heavy atom. The third kappa shape index (κ3) is 3.23. The molecule has 3 rings (SSSR count). The van der Waals surface area contributed by atoms with Gasteiger partial charge in [0.25, 0.3) is 5.91 Å². The Morgan fingerprint density at radius 2 is 1.77 bits per heavy atom. The summed E-state index contributed by atoms with van der Waals surface area (Å²) in [5.41, 5.74) is 3.16. The maximum absolute atomic E-state index is 12.3. The number of nitrogens with one attached hydrogen (secondary N) is 1. The van der Waals surface area contributed by atoms with Gasteiger partial charge in [-0.25, -0.2) is 0 Å². The van der Waals surface area contributed by atoms with Crippen molar-refractivity contribution in [2.45, 2.75) is 13.5 Å². The van der Waals surface area contributed by atoms with Crippen molar-refractivity contribution in [1.29, 1.82) is 0 Å². The van der Waals surface area contributed by atoms with E-state index >= 15 is 0 Å². The van der Waals surface area contributed by atoms with E-state index in [0.29, 0.717) is 12.3 Å². The summed E-state index contributed by atoms with van der Waals surface area (Å²) in [7, 11) is 0. The lowest BCUT2D eigenvalue weighted by molar-refractivity contribution is -0.116. The van der Waals surface area contributed by atoms with E-state index in [1.165, 1.54) is 0 Å². The first-order valence-electron chi connectivity index (χ1n) is 7.06. The number of carbonyl (C=O) groups excluding carboxylic acids is 1. The van der Waals surface area contributed by atoms with Gasteiger partial charge in [-0.1, -0.05) is 42.5 Å². The molecule has 1 N–H and O–H groups in total. The van der Waals surface area contributed by atoms with Gasteiger partial charge in [-0.15, -0.1) is 0 Å². The van der Waals surface area contributed by atoms with Crippen molar-refractivity contribution in [3.63, 3.8) is 0 Å². The summed E-state index contributed by atoms with van der Waals surface area (Å²) in [6, 6.07) is 17.2. The minimum absolute atomic E-state index is 0.264. The average molecular weight is 292 g/mol. The lowest BCUT2D eigenvalue weighted by Gasteiger charge is -2.15. The summed E-state index contributed by atoms with van der Waals surface area (Å²) in [6.45, 7) is 2.19. The van der Waals surface area contributed by atoms with E-state index in [1.807, 2.05) is 61.5 Å². The molecular formula is C18H16N2O2. The molecule has 1 amide bonds. The van der Waals surface area contributed by atoms with Crippen LogP contribution in [0.25, 0.3) is 0 Å². The van der Waals surface area contributed by atoms with Gasteiger partial charge in [0.15, 0.2) is 5.76 Å². The van der Waals surface area contributed by atoms with Crippen LogP contribution >= 0.6 is 0 Å². The number of rotatable bonds is 3. The van der Waals surface area contributed by atoms with Crippen molar-refractivity contribution < 1.29 is 9.53 Å². The van der Waals surface area contributed by atoms with E-state index in [2.05, 4.69) is 10.3 Å². The highest BCUT2D eigenvalue weighted by Crippen LogP contribution is 2.26. The Balaban J connectivity index is 1.83. The van der Waals surface area contributed by atoms with Crippen LogP contribution in [-0.2, 0) is 16.1 Å². The van der Waals surface area contributed by atoms with Crippen molar-refractivity contribution in [2.75, 3.05) is 5.32 Å². The SMILES string of the molecule is CC1=Nc2ccccc2NC(=O)/C(OCc2ccccc2)=C\1. The van der Waals surface area contributed by atoms with Crippen LogP contribution in [0.1, 0.15) is 12.5 Å². The normalized spacial score (nSPS) is 16.3. The number of hydrogen-bond donors (Lipinski definition) is 1. The zero-order valence-electron chi connectivity index (χ0n) is 12.2. The average Bonchev–Trinajstić information content (AvgIpc) is 2.53. The monoisotopic (exact) mass is 292 g/mol. The molecule has 22 heavy (non-hydrogen) atoms. The van der Waals surface area contributed by atoms with Gasteiger partial charge in [0, 0.05) is 11.8 Å². The molecule has 0 aromatic heterocycles. The van der Waals surface area contributed by atoms with Gasteiger partial charge >= 0.3 is 0 Å². The van der Waals surface area contributed by atoms with Crippen molar-refractivity contribution >= 4 is 23.0 Å². The summed E-state index contributed by atoms with van der Waals surface area (Å²) in [4.78, 5) is 16.8. The summed E-state index contributed by atoms with van der Waals surface area (Å²) in [5, 5.41) is 2.83. The van der Waals surface area contributed by atoms with Crippen LogP contribution in [0.15, 0.2) is 71.4 Å². The molecule has 2 aromatic carbocycles. The summed E-state index contributed by atoms with van der Waals surface area (Å²) in [6.07, 6.45) is 1.66. The molecular weight excluding hydrogens is 276 g/mol. The number of ether oxygens (including phenoxy) is 1. The molecule has 0 bridgehead atoms. The molecule has 0 atom stereocenters. The van der Waals surface area contributed by atoms with Crippen LogP contribution in [0.4, 0.5) is 11.4 Å². The van der Waals surface area contributed by atoms with Crippen LogP contribution in [-0.4, -0.2) is 11.6 Å². The molecule has 0 radical (unpaired) electrons. The topological polar surface area (TPSA) is 50.7 Å². The fourth-order valence-corrected chi connectivity index (χ4v) is 2.18. The number of benzene rings is 2. The van der Waals surface area contributed by atoms with Gasteiger partial charge < -0.3 is 10.1 Å². The van der Waals surface area contributed by atoms with Gasteiger partial charge in [-0.05, 0) is 24.6 Å². The number of amides is 1. The van der Waals surface area contributed by atoms with Crippen molar-refractivity contribution in [2.24, 2.45) is 4.99 Å². The van der Waals surface area contributed by atoms with E-state index in [0.717, 1.165) is 17.0 Å². The fraction of sp³-hybridized carbons (Fsp3) is 0.111. The van der Waals surface area contributed by atoms with Gasteiger partial charge in [-0.2, -0.15) is 0 Å². The molecule has 0 saturated carbocycles. The first-order valence-corrected chi connectivity index (χ1v) is 7.06. The summed E-state index contributed by atoms with van der Waals surface area (Å²) in [5.74, 6) is -0.00256. The fourth-order valence-electron chi connectivity index (χ4n) is 2.18. The highest BCUT2D eigenvalue weighted by atomic mass is 16.5. The third-order valence-electron chi connectivity index (χ3n) is 3.25. The van der Waals surface area contributed by atoms with Crippen LogP contribution in [0.2, 0.25) is 0 Å². The molecule has 0 spiro atoms. The van der Waals surface area contributed by atoms with Gasteiger partial charge in [0.05, 0.1) is 11.4 Å². The summed E-state index contributed by atoms with van der Waals surface area (Å²) < 4.78 is 5.67. The van der Waals surface area contributed by atoms with Crippen LogP contribution in [0.5, 0.6) is 0 Å². The molecule has 1 heterocycles. The predicted molar refractivity (Wildman–Crippen MR) is 87.2 cm³/mol. The molecule has 110 valence electrons. The number of allylic oxidation sites excluding steroid dienone is 1. The molecule has 0 aliphatic carbocycles. The zero-order chi connectivity index (χ0) is 15.4. The lowest BCUT2D eigenvalue weighted by atomic mass is 10.2. The molecule has 0 fully saturated rings. The Hall–Kier alpha value is -2.88. The van der Waals surface area contributed by atoms with E-state index in [9.17, 15) is 4.79 Å². The first-order chi connectivity index (χ1) is 10.7. The van der Waals surface area contributed by atoms with Crippen LogP contribution in [0.3, 0.4) is 0 Å². The van der Waals surface area contributed by atoms with Gasteiger partial charge in [0.1, 0.15) is 6.61 Å². The number of hydrogen-bond acceptors (Lipinski definition) is 3. The van der Waals surface area contributed by atoms with E-state index in [1.54, 1.807) is 6.08 Å². The number of aliphatic imine (C=N–C) groups is 1. The highest BCUT2D eigenvalue weighted by molar-refractivity contribution is 6.10. The minimum atomic E-state index is -0.266.